The fraction of sp³-hybridized carbons (Fsp3) is 0.500. The third-order valence-electron chi connectivity index (χ3n) is 6.11. The van der Waals surface area contributed by atoms with Crippen LogP contribution in [0.25, 0.3) is 0 Å². The summed E-state index contributed by atoms with van der Waals surface area (Å²) in [6, 6.07) is 3.32. The van der Waals surface area contributed by atoms with Crippen LogP contribution in [0.1, 0.15) is 49.8 Å². The van der Waals surface area contributed by atoms with E-state index in [9.17, 15) is 0 Å². The molecular formula is C22H27N3. The summed E-state index contributed by atoms with van der Waals surface area (Å²) in [7, 11) is 0. The van der Waals surface area contributed by atoms with Crippen LogP contribution in [-0.4, -0.2) is 33.8 Å². The fourth-order valence-electron chi connectivity index (χ4n) is 4.62. The summed E-state index contributed by atoms with van der Waals surface area (Å²) in [5, 5.41) is 4.65. The van der Waals surface area contributed by atoms with Crippen molar-refractivity contribution in [1.29, 1.82) is 0 Å². The number of aromatic nitrogens is 2. The van der Waals surface area contributed by atoms with Crippen molar-refractivity contribution < 1.29 is 0 Å². The molecule has 0 aromatic carbocycles. The first kappa shape index (κ1) is 15.4. The molecule has 2 heterocycles. The van der Waals surface area contributed by atoms with Gasteiger partial charge in [0, 0.05) is 42.9 Å². The first-order valence-electron chi connectivity index (χ1n) is 9.87. The molecule has 1 saturated heterocycles. The van der Waals surface area contributed by atoms with Crippen LogP contribution in [0.3, 0.4) is 0 Å². The minimum Gasteiger partial charge on any atom is -0.291 e. The Kier molecular flexibility index (Phi) is 3.97. The van der Waals surface area contributed by atoms with Gasteiger partial charge in [0.1, 0.15) is 0 Å². The van der Waals surface area contributed by atoms with E-state index in [-0.39, 0.29) is 0 Å². The van der Waals surface area contributed by atoms with Gasteiger partial charge >= 0.3 is 0 Å². The number of nitrogens with zero attached hydrogens (tertiary/aromatic N) is 3. The molecule has 0 N–H and O–H groups in total. The Labute approximate surface area is 150 Å². The van der Waals surface area contributed by atoms with Crippen molar-refractivity contribution in [1.82, 2.24) is 14.7 Å². The maximum Gasteiger partial charge on any atom is 0.0776 e. The molecule has 1 saturated carbocycles. The van der Waals surface area contributed by atoms with Crippen LogP contribution >= 0.6 is 0 Å². The van der Waals surface area contributed by atoms with Crippen molar-refractivity contribution in [2.75, 3.05) is 13.1 Å². The van der Waals surface area contributed by atoms with Crippen molar-refractivity contribution in [3.63, 3.8) is 0 Å². The quantitative estimate of drug-likeness (QED) is 0.796. The average molecular weight is 333 g/mol. The van der Waals surface area contributed by atoms with Crippen molar-refractivity contribution in [3.05, 3.63) is 66.1 Å². The highest BCUT2D eigenvalue weighted by Gasteiger charge is 2.40. The molecular weight excluding hydrogens is 306 g/mol. The normalized spacial score (nSPS) is 28.0. The van der Waals surface area contributed by atoms with Gasteiger partial charge < -0.3 is 0 Å². The molecule has 0 amide bonds. The summed E-state index contributed by atoms with van der Waals surface area (Å²) >= 11 is 0. The zero-order chi connectivity index (χ0) is 16.6. The van der Waals surface area contributed by atoms with Gasteiger partial charge in [0.2, 0.25) is 0 Å². The molecule has 0 spiro atoms. The van der Waals surface area contributed by atoms with Crippen LogP contribution in [0.5, 0.6) is 0 Å². The van der Waals surface area contributed by atoms with Gasteiger partial charge in [0.25, 0.3) is 0 Å². The molecule has 1 aromatic heterocycles. The number of rotatable bonds is 5. The number of allylic oxidation sites excluding steroid dienone is 5. The minimum absolute atomic E-state index is 0.522. The van der Waals surface area contributed by atoms with Crippen LogP contribution < -0.4 is 0 Å². The van der Waals surface area contributed by atoms with Gasteiger partial charge in [-0.05, 0) is 43.7 Å². The smallest absolute Gasteiger partial charge is 0.0776 e. The van der Waals surface area contributed by atoms with Crippen molar-refractivity contribution in [2.45, 2.75) is 50.1 Å². The van der Waals surface area contributed by atoms with Gasteiger partial charge in [-0.25, -0.2) is 0 Å². The average Bonchev–Trinajstić information content (AvgIpc) is 3.37. The molecule has 0 bridgehead atoms. The second kappa shape index (κ2) is 6.45. The molecule has 1 aromatic rings. The Morgan fingerprint density at radius 1 is 1.08 bits per heavy atom. The van der Waals surface area contributed by atoms with Gasteiger partial charge in [-0.15, -0.1) is 0 Å². The molecule has 3 nitrogen and oxygen atoms in total. The van der Waals surface area contributed by atoms with Gasteiger partial charge in [-0.2, -0.15) is 5.10 Å². The summed E-state index contributed by atoms with van der Waals surface area (Å²) < 4.78 is 2.33. The van der Waals surface area contributed by atoms with Crippen LogP contribution in [0.2, 0.25) is 0 Å². The van der Waals surface area contributed by atoms with E-state index >= 15 is 0 Å². The Morgan fingerprint density at radius 3 is 2.72 bits per heavy atom. The van der Waals surface area contributed by atoms with E-state index in [1.54, 1.807) is 0 Å². The van der Waals surface area contributed by atoms with E-state index in [1.807, 2.05) is 6.20 Å². The minimum atomic E-state index is 0.522. The Morgan fingerprint density at radius 2 is 2.00 bits per heavy atom. The standard InChI is InChI=1S/C22H27N3/c1-3-7-18(8-4-1)22(19-9-5-2-6-10-19)24-15-20(16-24)25-21(13-14-23-25)17-11-12-17/h1,3-5,7,9-10,13-14,17-18,20,22H,2,6,8,11-12,15-16H2. The molecule has 25 heavy (non-hydrogen) atoms. The van der Waals surface area contributed by atoms with E-state index in [0.717, 1.165) is 25.4 Å². The van der Waals surface area contributed by atoms with E-state index in [1.165, 1.54) is 37.0 Å². The highest BCUT2D eigenvalue weighted by molar-refractivity contribution is 5.32. The lowest BCUT2D eigenvalue weighted by Crippen LogP contribution is -2.55. The second-order valence-corrected chi connectivity index (χ2v) is 7.92. The molecule has 1 aliphatic heterocycles. The third-order valence-corrected chi connectivity index (χ3v) is 6.11. The summed E-state index contributed by atoms with van der Waals surface area (Å²) in [6.07, 6.45) is 24.6. The maximum absolute atomic E-state index is 4.65. The molecule has 3 aliphatic carbocycles. The summed E-state index contributed by atoms with van der Waals surface area (Å²) in [4.78, 5) is 2.68. The second-order valence-electron chi connectivity index (χ2n) is 7.92. The fourth-order valence-corrected chi connectivity index (χ4v) is 4.62. The molecule has 130 valence electrons. The van der Waals surface area contributed by atoms with Crippen LogP contribution in [-0.2, 0) is 0 Å². The van der Waals surface area contributed by atoms with Crippen molar-refractivity contribution in [3.8, 4) is 0 Å². The number of likely N-dealkylation sites (tertiary alicyclic amines) is 1. The van der Waals surface area contributed by atoms with Gasteiger partial charge in [-0.3, -0.25) is 9.58 Å². The lowest BCUT2D eigenvalue weighted by atomic mass is 9.82. The highest BCUT2D eigenvalue weighted by atomic mass is 15.4. The van der Waals surface area contributed by atoms with E-state index in [4.69, 9.17) is 0 Å². The number of hydrogen-bond acceptors (Lipinski definition) is 2. The van der Waals surface area contributed by atoms with Gasteiger partial charge in [-0.1, -0.05) is 42.5 Å². The predicted octanol–water partition coefficient (Wildman–Crippen LogP) is 4.39. The molecule has 2 unspecified atom stereocenters. The van der Waals surface area contributed by atoms with E-state index < -0.39 is 0 Å². The van der Waals surface area contributed by atoms with Crippen LogP contribution in [0.4, 0.5) is 0 Å². The first-order chi connectivity index (χ1) is 12.4. The Balaban J connectivity index is 1.33. The monoisotopic (exact) mass is 333 g/mol. The van der Waals surface area contributed by atoms with Crippen molar-refractivity contribution >= 4 is 0 Å². The van der Waals surface area contributed by atoms with Gasteiger partial charge in [0.05, 0.1) is 6.04 Å². The van der Waals surface area contributed by atoms with Crippen LogP contribution in [0, 0.1) is 5.92 Å². The number of hydrogen-bond donors (Lipinski definition) is 0. The van der Waals surface area contributed by atoms with Crippen LogP contribution in [0.15, 0.2) is 60.4 Å². The molecule has 3 heteroatoms. The lowest BCUT2D eigenvalue weighted by Gasteiger charge is -2.47. The molecule has 2 fully saturated rings. The Bertz CT molecular complexity index is 741. The zero-order valence-corrected chi connectivity index (χ0v) is 14.8. The largest absolute Gasteiger partial charge is 0.291 e. The maximum atomic E-state index is 4.65. The molecule has 0 radical (unpaired) electrons. The third kappa shape index (κ3) is 2.95. The SMILES string of the molecule is C1=CCC(C(C2=CCCC=C2)N2CC(n3nccc3C3CC3)C2)C=C1. The molecule has 2 atom stereocenters. The molecule has 4 aliphatic rings. The van der Waals surface area contributed by atoms with Crippen molar-refractivity contribution in [2.24, 2.45) is 5.92 Å². The topological polar surface area (TPSA) is 21.1 Å². The zero-order valence-electron chi connectivity index (χ0n) is 14.8. The molecule has 5 rings (SSSR count). The first-order valence-corrected chi connectivity index (χ1v) is 9.87. The summed E-state index contributed by atoms with van der Waals surface area (Å²) in [5.41, 5.74) is 3.00. The van der Waals surface area contributed by atoms with E-state index in [0.29, 0.717) is 18.0 Å². The predicted molar refractivity (Wildman–Crippen MR) is 101 cm³/mol. The summed E-state index contributed by atoms with van der Waals surface area (Å²) in [6.45, 7) is 2.26. The Hall–Kier alpha value is -1.87. The van der Waals surface area contributed by atoms with Gasteiger partial charge in [0.15, 0.2) is 0 Å². The highest BCUT2D eigenvalue weighted by Crippen LogP contribution is 2.42. The summed E-state index contributed by atoms with van der Waals surface area (Å²) in [5.74, 6) is 1.38. The van der Waals surface area contributed by atoms with E-state index in [2.05, 4.69) is 63.3 Å². The lowest BCUT2D eigenvalue weighted by molar-refractivity contribution is 0.0502.